The van der Waals surface area contributed by atoms with Gasteiger partial charge in [0.25, 0.3) is 0 Å². The Bertz CT molecular complexity index is 538. The molecule has 0 aliphatic carbocycles. The predicted molar refractivity (Wildman–Crippen MR) is 74.2 cm³/mol. The van der Waals surface area contributed by atoms with Gasteiger partial charge in [0.05, 0.1) is 14.2 Å². The van der Waals surface area contributed by atoms with Crippen LogP contribution in [0, 0.1) is 0 Å². The normalized spacial score (nSPS) is 12.3. The molecule has 0 aliphatic heterocycles. The SMILES string of the molecule is CCC(C)(C)NS(=O)(=O)c1ccc(OC)cc1OC. The number of hydrogen-bond acceptors (Lipinski definition) is 4. The molecule has 5 nitrogen and oxygen atoms in total. The summed E-state index contributed by atoms with van der Waals surface area (Å²) < 4.78 is 37.5. The quantitative estimate of drug-likeness (QED) is 0.871. The van der Waals surface area contributed by atoms with Crippen molar-refractivity contribution in [3.63, 3.8) is 0 Å². The maximum atomic E-state index is 12.4. The van der Waals surface area contributed by atoms with Gasteiger partial charge in [0.1, 0.15) is 16.4 Å². The molecule has 108 valence electrons. The van der Waals surface area contributed by atoms with Crippen molar-refractivity contribution in [2.75, 3.05) is 14.2 Å². The molecule has 1 rings (SSSR count). The highest BCUT2D eigenvalue weighted by Crippen LogP contribution is 2.29. The lowest BCUT2D eigenvalue weighted by Gasteiger charge is -2.24. The molecule has 0 spiro atoms. The Labute approximate surface area is 115 Å². The molecule has 0 aliphatic rings. The van der Waals surface area contributed by atoms with Crippen LogP contribution in [0.15, 0.2) is 23.1 Å². The highest BCUT2D eigenvalue weighted by Gasteiger charge is 2.27. The lowest BCUT2D eigenvalue weighted by molar-refractivity contribution is 0.384. The van der Waals surface area contributed by atoms with Crippen molar-refractivity contribution in [1.29, 1.82) is 0 Å². The van der Waals surface area contributed by atoms with E-state index in [1.165, 1.54) is 20.3 Å². The molecular formula is C13H21NO4S. The zero-order valence-electron chi connectivity index (χ0n) is 12.0. The summed E-state index contributed by atoms with van der Waals surface area (Å²) >= 11 is 0. The zero-order valence-corrected chi connectivity index (χ0v) is 12.8. The van der Waals surface area contributed by atoms with Gasteiger partial charge in [0.2, 0.25) is 10.0 Å². The molecule has 0 saturated carbocycles. The first-order valence-electron chi connectivity index (χ1n) is 6.02. The van der Waals surface area contributed by atoms with Crippen molar-refractivity contribution in [3.8, 4) is 11.5 Å². The van der Waals surface area contributed by atoms with Gasteiger partial charge in [-0.2, -0.15) is 0 Å². The molecular weight excluding hydrogens is 266 g/mol. The monoisotopic (exact) mass is 287 g/mol. The van der Waals surface area contributed by atoms with E-state index in [1.807, 2.05) is 20.8 Å². The second kappa shape index (κ2) is 5.79. The summed E-state index contributed by atoms with van der Waals surface area (Å²) in [6.07, 6.45) is 0.685. The van der Waals surface area contributed by atoms with Gasteiger partial charge in [-0.15, -0.1) is 0 Å². The van der Waals surface area contributed by atoms with E-state index < -0.39 is 15.6 Å². The fourth-order valence-corrected chi connectivity index (χ4v) is 3.12. The molecule has 1 N–H and O–H groups in total. The summed E-state index contributed by atoms with van der Waals surface area (Å²) in [7, 11) is -0.684. The minimum absolute atomic E-state index is 0.109. The smallest absolute Gasteiger partial charge is 0.244 e. The molecule has 0 aromatic heterocycles. The average molecular weight is 287 g/mol. The van der Waals surface area contributed by atoms with Crippen LogP contribution >= 0.6 is 0 Å². The molecule has 0 heterocycles. The van der Waals surface area contributed by atoms with Crippen LogP contribution in [0.3, 0.4) is 0 Å². The number of hydrogen-bond donors (Lipinski definition) is 1. The van der Waals surface area contributed by atoms with Gasteiger partial charge in [-0.05, 0) is 32.4 Å². The van der Waals surface area contributed by atoms with Crippen molar-refractivity contribution in [1.82, 2.24) is 4.72 Å². The van der Waals surface area contributed by atoms with Crippen LogP contribution in [-0.2, 0) is 10.0 Å². The number of methoxy groups -OCH3 is 2. The highest BCUT2D eigenvalue weighted by molar-refractivity contribution is 7.89. The third-order valence-corrected chi connectivity index (χ3v) is 4.69. The Balaban J connectivity index is 3.21. The zero-order chi connectivity index (χ0) is 14.7. The second-order valence-corrected chi connectivity index (χ2v) is 6.51. The van der Waals surface area contributed by atoms with Crippen LogP contribution in [0.2, 0.25) is 0 Å². The largest absolute Gasteiger partial charge is 0.497 e. The van der Waals surface area contributed by atoms with Gasteiger partial charge in [-0.25, -0.2) is 13.1 Å². The molecule has 0 unspecified atom stereocenters. The molecule has 0 fully saturated rings. The van der Waals surface area contributed by atoms with E-state index in [4.69, 9.17) is 9.47 Å². The number of sulfonamides is 1. The first-order valence-corrected chi connectivity index (χ1v) is 7.50. The Morgan fingerprint density at radius 2 is 1.84 bits per heavy atom. The molecule has 0 amide bonds. The molecule has 0 bridgehead atoms. The molecule has 0 atom stereocenters. The van der Waals surface area contributed by atoms with Crippen LogP contribution in [0.5, 0.6) is 11.5 Å². The standard InChI is InChI=1S/C13H21NO4S/c1-6-13(2,3)14-19(15,16)12-8-7-10(17-4)9-11(12)18-5/h7-9,14H,6H2,1-5H3. The van der Waals surface area contributed by atoms with E-state index in [0.717, 1.165) is 0 Å². The van der Waals surface area contributed by atoms with Crippen LogP contribution in [0.4, 0.5) is 0 Å². The van der Waals surface area contributed by atoms with Gasteiger partial charge in [-0.3, -0.25) is 0 Å². The van der Waals surface area contributed by atoms with E-state index >= 15 is 0 Å². The fraction of sp³-hybridized carbons (Fsp3) is 0.538. The van der Waals surface area contributed by atoms with Crippen LogP contribution in [0.1, 0.15) is 27.2 Å². The first-order chi connectivity index (χ1) is 8.75. The van der Waals surface area contributed by atoms with E-state index in [-0.39, 0.29) is 10.6 Å². The van der Waals surface area contributed by atoms with Crippen molar-refractivity contribution in [2.45, 2.75) is 37.6 Å². The predicted octanol–water partition coefficient (Wildman–Crippen LogP) is 2.17. The molecule has 1 aromatic rings. The average Bonchev–Trinajstić information content (AvgIpc) is 2.36. The third kappa shape index (κ3) is 3.84. The summed E-state index contributed by atoms with van der Waals surface area (Å²) in [6.45, 7) is 5.59. The number of benzene rings is 1. The molecule has 6 heteroatoms. The van der Waals surface area contributed by atoms with Crippen molar-refractivity contribution >= 4 is 10.0 Å². The molecule has 0 saturated heterocycles. The molecule has 19 heavy (non-hydrogen) atoms. The van der Waals surface area contributed by atoms with Crippen LogP contribution in [-0.4, -0.2) is 28.2 Å². The Kier molecular flexibility index (Phi) is 4.81. The second-order valence-electron chi connectivity index (χ2n) is 4.86. The van der Waals surface area contributed by atoms with Gasteiger partial charge in [-0.1, -0.05) is 6.92 Å². The minimum Gasteiger partial charge on any atom is -0.497 e. The van der Waals surface area contributed by atoms with Crippen molar-refractivity contribution in [3.05, 3.63) is 18.2 Å². The lowest BCUT2D eigenvalue weighted by atomic mass is 10.0. The van der Waals surface area contributed by atoms with Gasteiger partial charge in [0.15, 0.2) is 0 Å². The Morgan fingerprint density at radius 3 is 2.32 bits per heavy atom. The van der Waals surface area contributed by atoms with Crippen molar-refractivity contribution in [2.24, 2.45) is 0 Å². The van der Waals surface area contributed by atoms with Gasteiger partial charge < -0.3 is 9.47 Å². The number of rotatable bonds is 6. The fourth-order valence-electron chi connectivity index (χ4n) is 1.49. The third-order valence-electron chi connectivity index (χ3n) is 2.95. The van der Waals surface area contributed by atoms with E-state index in [1.54, 1.807) is 12.1 Å². The maximum absolute atomic E-state index is 12.4. The minimum atomic E-state index is -3.63. The van der Waals surface area contributed by atoms with E-state index in [0.29, 0.717) is 12.2 Å². The lowest BCUT2D eigenvalue weighted by Crippen LogP contribution is -2.42. The molecule has 0 radical (unpaired) electrons. The highest BCUT2D eigenvalue weighted by atomic mass is 32.2. The maximum Gasteiger partial charge on any atom is 0.244 e. The van der Waals surface area contributed by atoms with Gasteiger partial charge in [0, 0.05) is 11.6 Å². The van der Waals surface area contributed by atoms with Crippen LogP contribution in [0.25, 0.3) is 0 Å². The van der Waals surface area contributed by atoms with Crippen molar-refractivity contribution < 1.29 is 17.9 Å². The number of nitrogens with one attached hydrogen (secondary N) is 1. The van der Waals surface area contributed by atoms with Crippen LogP contribution < -0.4 is 14.2 Å². The summed E-state index contributed by atoms with van der Waals surface area (Å²) in [5.41, 5.74) is -0.510. The molecule has 1 aromatic carbocycles. The summed E-state index contributed by atoms with van der Waals surface area (Å²) in [4.78, 5) is 0.109. The number of ether oxygens (including phenoxy) is 2. The summed E-state index contributed by atoms with van der Waals surface area (Å²) in [5.74, 6) is 0.810. The van der Waals surface area contributed by atoms with E-state index in [2.05, 4.69) is 4.72 Å². The summed E-state index contributed by atoms with van der Waals surface area (Å²) in [6, 6.07) is 4.62. The van der Waals surface area contributed by atoms with Gasteiger partial charge >= 0.3 is 0 Å². The topological polar surface area (TPSA) is 64.6 Å². The first kappa shape index (κ1) is 15.8. The summed E-state index contributed by atoms with van der Waals surface area (Å²) in [5, 5.41) is 0. The Hall–Kier alpha value is -1.27. The Morgan fingerprint density at radius 1 is 1.21 bits per heavy atom. The van der Waals surface area contributed by atoms with E-state index in [9.17, 15) is 8.42 Å².